The molecule has 2 fully saturated rings. The number of hydrogen-bond donors (Lipinski definition) is 2. The molecule has 9 atom stereocenters. The minimum Gasteiger partial charge on any atom is -0.396 e. The molecule has 0 amide bonds. The molecule has 4 aliphatic carbocycles. The highest BCUT2D eigenvalue weighted by atomic mass is 16.3. The molecule has 2 heteroatoms. The van der Waals surface area contributed by atoms with Crippen LogP contribution in [0.3, 0.4) is 0 Å². The third-order valence-corrected chi connectivity index (χ3v) is 10.1. The lowest BCUT2D eigenvalue weighted by atomic mass is 9.48. The van der Waals surface area contributed by atoms with Gasteiger partial charge in [-0.25, -0.2) is 0 Å². The Morgan fingerprint density at radius 1 is 1.10 bits per heavy atom. The summed E-state index contributed by atoms with van der Waals surface area (Å²) in [5.41, 5.74) is 2.22. The molecule has 0 aromatic heterocycles. The lowest BCUT2D eigenvalue weighted by Gasteiger charge is -2.57. The van der Waals surface area contributed by atoms with Crippen molar-refractivity contribution in [3.63, 3.8) is 0 Å². The first-order chi connectivity index (χ1) is 13.8. The Morgan fingerprint density at radius 2 is 1.90 bits per heavy atom. The van der Waals surface area contributed by atoms with Crippen LogP contribution in [0.25, 0.3) is 0 Å². The zero-order valence-electron chi connectivity index (χ0n) is 19.2. The van der Waals surface area contributed by atoms with Crippen LogP contribution in [-0.4, -0.2) is 22.9 Å². The maximum Gasteiger partial charge on any atom is 0.0758 e. The fourth-order valence-electron chi connectivity index (χ4n) is 8.29. The first kappa shape index (κ1) is 21.6. The van der Waals surface area contributed by atoms with Crippen LogP contribution in [0.2, 0.25) is 0 Å². The highest BCUT2D eigenvalue weighted by Gasteiger charge is 2.58. The molecule has 2 N–H and O–H groups in total. The van der Waals surface area contributed by atoms with Gasteiger partial charge in [-0.3, -0.25) is 0 Å². The minimum absolute atomic E-state index is 0.188. The molecular weight excluding hydrogens is 356 g/mol. The van der Waals surface area contributed by atoms with E-state index in [9.17, 15) is 10.2 Å². The minimum atomic E-state index is -0.273. The van der Waals surface area contributed by atoms with Gasteiger partial charge in [0.1, 0.15) is 0 Å². The quantitative estimate of drug-likeness (QED) is 0.526. The molecule has 0 bridgehead atoms. The second kappa shape index (κ2) is 8.15. The van der Waals surface area contributed by atoms with E-state index in [1.807, 2.05) is 0 Å². The monoisotopic (exact) mass is 400 g/mol. The molecule has 4 aliphatic rings. The summed E-state index contributed by atoms with van der Waals surface area (Å²) in [6.07, 6.45) is 18.1. The molecule has 2 saturated carbocycles. The zero-order valence-corrected chi connectivity index (χ0v) is 19.2. The second-order valence-electron chi connectivity index (χ2n) is 11.7. The van der Waals surface area contributed by atoms with E-state index in [0.717, 1.165) is 36.0 Å². The fourth-order valence-corrected chi connectivity index (χ4v) is 8.29. The van der Waals surface area contributed by atoms with Crippen LogP contribution in [0.15, 0.2) is 23.8 Å². The van der Waals surface area contributed by atoms with Crippen molar-refractivity contribution in [3.8, 4) is 0 Å². The molecule has 1 unspecified atom stereocenters. The Hall–Kier alpha value is -0.600. The average molecular weight is 401 g/mol. The summed E-state index contributed by atoms with van der Waals surface area (Å²) in [6.45, 7) is 10.1. The maximum atomic E-state index is 10.1. The molecular formula is C27H44O2. The van der Waals surface area contributed by atoms with Gasteiger partial charge < -0.3 is 10.2 Å². The van der Waals surface area contributed by atoms with E-state index in [1.165, 1.54) is 56.9 Å². The van der Waals surface area contributed by atoms with Crippen molar-refractivity contribution >= 4 is 0 Å². The van der Waals surface area contributed by atoms with E-state index >= 15 is 0 Å². The fraction of sp³-hybridized carbons (Fsp3) is 0.852. The van der Waals surface area contributed by atoms with Gasteiger partial charge in [0, 0.05) is 12.0 Å². The Kier molecular flexibility index (Phi) is 6.08. The Bertz CT molecular complexity index is 651. The van der Waals surface area contributed by atoms with Gasteiger partial charge >= 0.3 is 0 Å². The normalized spacial score (nSPS) is 45.7. The van der Waals surface area contributed by atoms with Gasteiger partial charge in [-0.15, -0.1) is 0 Å². The van der Waals surface area contributed by atoms with Crippen molar-refractivity contribution < 1.29 is 10.2 Å². The van der Waals surface area contributed by atoms with Gasteiger partial charge in [0.2, 0.25) is 0 Å². The van der Waals surface area contributed by atoms with Gasteiger partial charge in [-0.05, 0) is 85.9 Å². The number of allylic oxidation sites excluding steroid dienone is 2. The van der Waals surface area contributed by atoms with Crippen molar-refractivity contribution in [2.75, 3.05) is 6.61 Å². The van der Waals surface area contributed by atoms with E-state index in [-0.39, 0.29) is 11.5 Å². The number of aliphatic hydroxyl groups is 2. The van der Waals surface area contributed by atoms with Crippen molar-refractivity contribution in [2.45, 2.75) is 91.6 Å². The van der Waals surface area contributed by atoms with E-state index in [4.69, 9.17) is 0 Å². The lowest BCUT2D eigenvalue weighted by molar-refractivity contribution is -0.0356. The molecule has 0 radical (unpaired) electrons. The summed E-state index contributed by atoms with van der Waals surface area (Å²) in [5, 5.41) is 19.4. The topological polar surface area (TPSA) is 40.5 Å². The molecule has 0 saturated heterocycles. The number of fused-ring (bicyclic) bond motifs is 5. The van der Waals surface area contributed by atoms with E-state index < -0.39 is 0 Å². The molecule has 0 heterocycles. The molecule has 0 spiro atoms. The average Bonchev–Trinajstić information content (AvgIpc) is 3.05. The van der Waals surface area contributed by atoms with Crippen molar-refractivity contribution in [1.82, 2.24) is 0 Å². The van der Waals surface area contributed by atoms with Crippen LogP contribution >= 0.6 is 0 Å². The van der Waals surface area contributed by atoms with E-state index in [0.29, 0.717) is 17.9 Å². The van der Waals surface area contributed by atoms with Gasteiger partial charge in [0.05, 0.1) is 6.10 Å². The van der Waals surface area contributed by atoms with Crippen LogP contribution < -0.4 is 0 Å². The van der Waals surface area contributed by atoms with E-state index in [2.05, 4.69) is 45.9 Å². The summed E-state index contributed by atoms with van der Waals surface area (Å²) >= 11 is 0. The third kappa shape index (κ3) is 3.67. The molecule has 164 valence electrons. The lowest BCUT2D eigenvalue weighted by Crippen LogP contribution is -2.49. The van der Waals surface area contributed by atoms with Crippen LogP contribution in [0, 0.1) is 46.3 Å². The Morgan fingerprint density at radius 3 is 2.66 bits per heavy atom. The molecule has 4 rings (SSSR count). The standard InChI is InChI=1S/C27H44O2/c1-18(17-28)6-5-7-19(2)23-10-11-24-22-9-8-20-16-21(29)12-14-26(20,3)25(22)13-15-27(23,24)4/h8,12,14,18-19,21-25,28-29H,5-7,9-11,13,15-17H2,1-4H3/t18?,19-,21-,22+,23-,24+,25+,26+,27-/m1/s1. The highest BCUT2D eigenvalue weighted by Crippen LogP contribution is 2.66. The first-order valence-electron chi connectivity index (χ1n) is 12.5. The van der Waals surface area contributed by atoms with Crippen LogP contribution in [0.1, 0.15) is 85.5 Å². The molecule has 0 aromatic rings. The largest absolute Gasteiger partial charge is 0.396 e. The summed E-state index contributed by atoms with van der Waals surface area (Å²) < 4.78 is 0. The highest BCUT2D eigenvalue weighted by molar-refractivity contribution is 5.32. The maximum absolute atomic E-state index is 10.1. The summed E-state index contributed by atoms with van der Waals surface area (Å²) in [5.74, 6) is 4.61. The van der Waals surface area contributed by atoms with Crippen molar-refractivity contribution in [1.29, 1.82) is 0 Å². The predicted molar refractivity (Wildman–Crippen MR) is 120 cm³/mol. The number of rotatable bonds is 6. The molecule has 0 aliphatic heterocycles. The van der Waals surface area contributed by atoms with Crippen molar-refractivity contribution in [3.05, 3.63) is 23.8 Å². The summed E-state index contributed by atoms with van der Waals surface area (Å²) in [7, 11) is 0. The van der Waals surface area contributed by atoms with Crippen LogP contribution in [0.5, 0.6) is 0 Å². The third-order valence-electron chi connectivity index (χ3n) is 10.1. The number of aliphatic hydroxyl groups excluding tert-OH is 2. The number of hydrogen-bond acceptors (Lipinski definition) is 2. The Labute approximate surface area is 178 Å². The van der Waals surface area contributed by atoms with Gasteiger partial charge in [0.25, 0.3) is 0 Å². The first-order valence-corrected chi connectivity index (χ1v) is 12.5. The van der Waals surface area contributed by atoms with Gasteiger partial charge in [0.15, 0.2) is 0 Å². The molecule has 0 aromatic carbocycles. The smallest absolute Gasteiger partial charge is 0.0758 e. The Balaban J connectivity index is 1.47. The van der Waals surface area contributed by atoms with Gasteiger partial charge in [-0.1, -0.05) is 64.3 Å². The van der Waals surface area contributed by atoms with Crippen LogP contribution in [0.4, 0.5) is 0 Å². The zero-order chi connectivity index (χ0) is 20.8. The summed E-state index contributed by atoms with van der Waals surface area (Å²) in [4.78, 5) is 0. The predicted octanol–water partition coefficient (Wildman–Crippen LogP) is 6.14. The summed E-state index contributed by atoms with van der Waals surface area (Å²) in [6, 6.07) is 0. The SMILES string of the molecule is CC(CO)CCC[C@@H](C)[C@H]1CC[C@H]2[C@@H]3CC=C4C[C@H](O)C=C[C@]4(C)[C@H]3CC[C@]12C. The van der Waals surface area contributed by atoms with Crippen LogP contribution in [-0.2, 0) is 0 Å². The van der Waals surface area contributed by atoms with Crippen molar-refractivity contribution in [2.24, 2.45) is 46.3 Å². The molecule has 2 nitrogen and oxygen atoms in total. The van der Waals surface area contributed by atoms with E-state index in [1.54, 1.807) is 0 Å². The molecule has 29 heavy (non-hydrogen) atoms. The second-order valence-corrected chi connectivity index (χ2v) is 11.7. The van der Waals surface area contributed by atoms with Gasteiger partial charge in [-0.2, -0.15) is 0 Å².